The molecule has 2 saturated heterocycles. The first-order chi connectivity index (χ1) is 15.8. The predicted molar refractivity (Wildman–Crippen MR) is 112 cm³/mol. The maximum absolute atomic E-state index is 15.3. The second kappa shape index (κ2) is 8.15. The molecule has 1 spiro atoms. The molecular weight excluding hydrogens is 441 g/mol. The molecule has 33 heavy (non-hydrogen) atoms. The minimum absolute atomic E-state index is 0.0436. The van der Waals surface area contributed by atoms with Gasteiger partial charge >= 0.3 is 5.97 Å². The number of nitrogens with two attached hydrogens (primary N) is 1. The van der Waals surface area contributed by atoms with Gasteiger partial charge in [-0.1, -0.05) is 0 Å². The van der Waals surface area contributed by atoms with E-state index in [2.05, 4.69) is 4.99 Å². The first-order valence-corrected chi connectivity index (χ1v) is 10.6. The number of anilines is 1. The van der Waals surface area contributed by atoms with E-state index in [1.807, 2.05) is 0 Å². The highest BCUT2D eigenvalue weighted by Crippen LogP contribution is 2.39. The van der Waals surface area contributed by atoms with Crippen molar-refractivity contribution < 1.29 is 32.5 Å². The van der Waals surface area contributed by atoms with Crippen LogP contribution in [0.15, 0.2) is 46.6 Å². The normalized spacial score (nSPS) is 28.5. The lowest BCUT2D eigenvalue weighted by Gasteiger charge is -2.38. The summed E-state index contributed by atoms with van der Waals surface area (Å²) < 4.78 is 55.1. The Balaban J connectivity index is 1.53. The van der Waals surface area contributed by atoms with E-state index in [0.29, 0.717) is 31.4 Å². The fourth-order valence-electron chi connectivity index (χ4n) is 4.89. The van der Waals surface area contributed by atoms with Crippen molar-refractivity contribution >= 4 is 17.5 Å². The SMILES string of the molecule is NCC1CN(C2=NC3C(=CC2F)CC(C(=O)O)=CN3c2ccc(F)cc2F)CC12OCCO2. The third kappa shape index (κ3) is 3.69. The van der Waals surface area contributed by atoms with Gasteiger partial charge in [-0.15, -0.1) is 0 Å². The maximum atomic E-state index is 15.3. The lowest BCUT2D eigenvalue weighted by molar-refractivity contribution is -0.169. The molecule has 11 heteroatoms. The first kappa shape index (κ1) is 21.9. The van der Waals surface area contributed by atoms with Crippen LogP contribution in [0.4, 0.5) is 18.9 Å². The minimum atomic E-state index is -1.60. The molecule has 0 aromatic heterocycles. The Labute approximate surface area is 187 Å². The number of rotatable bonds is 3. The van der Waals surface area contributed by atoms with Crippen LogP contribution < -0.4 is 10.6 Å². The lowest BCUT2D eigenvalue weighted by atomic mass is 9.94. The number of benzene rings is 1. The Morgan fingerprint density at radius 2 is 2.06 bits per heavy atom. The van der Waals surface area contributed by atoms with Gasteiger partial charge in [0.1, 0.15) is 23.6 Å². The molecule has 4 heterocycles. The van der Waals surface area contributed by atoms with Crippen molar-refractivity contribution in [1.29, 1.82) is 0 Å². The molecule has 8 nitrogen and oxygen atoms in total. The number of hydrogen-bond acceptors (Lipinski definition) is 7. The van der Waals surface area contributed by atoms with Crippen molar-refractivity contribution in [2.45, 2.75) is 24.5 Å². The summed E-state index contributed by atoms with van der Waals surface area (Å²) in [5, 5.41) is 9.52. The van der Waals surface area contributed by atoms with Crippen molar-refractivity contribution in [3.63, 3.8) is 0 Å². The summed E-state index contributed by atoms with van der Waals surface area (Å²) >= 11 is 0. The van der Waals surface area contributed by atoms with E-state index in [9.17, 15) is 18.7 Å². The molecule has 2 fully saturated rings. The van der Waals surface area contributed by atoms with E-state index >= 15 is 4.39 Å². The van der Waals surface area contributed by atoms with Crippen LogP contribution in [0.5, 0.6) is 0 Å². The Morgan fingerprint density at radius 1 is 1.30 bits per heavy atom. The Bertz CT molecular complexity index is 1070. The van der Waals surface area contributed by atoms with Crippen LogP contribution >= 0.6 is 0 Å². The van der Waals surface area contributed by atoms with Gasteiger partial charge in [0.2, 0.25) is 0 Å². The number of carbonyl (C=O) groups is 1. The summed E-state index contributed by atoms with van der Waals surface area (Å²) in [5.74, 6) is -3.86. The van der Waals surface area contributed by atoms with Gasteiger partial charge in [0.15, 0.2) is 12.0 Å². The summed E-state index contributed by atoms with van der Waals surface area (Å²) in [6.45, 7) is 1.73. The van der Waals surface area contributed by atoms with Crippen molar-refractivity contribution in [2.24, 2.45) is 16.6 Å². The standard InChI is InChI=1S/C22H23F3N4O4/c23-15-1-2-18(16(24)7-15)29-9-13(21(30)31)5-12-6-17(25)20(27-19(12)29)28-10-14(8-26)22(11-28)32-3-4-33-22/h1-2,6-7,9,14,17,19H,3-5,8,10-11,26H2,(H,30,31). The molecule has 3 atom stereocenters. The highest BCUT2D eigenvalue weighted by molar-refractivity contribution is 5.92. The number of amidine groups is 1. The number of carboxylic acid groups (broad SMARTS) is 1. The van der Waals surface area contributed by atoms with Crippen LogP contribution in [0.3, 0.4) is 0 Å². The average molecular weight is 464 g/mol. The van der Waals surface area contributed by atoms with E-state index in [-0.39, 0.29) is 42.5 Å². The van der Waals surface area contributed by atoms with Crippen LogP contribution in [0, 0.1) is 17.6 Å². The topological polar surface area (TPSA) is 101 Å². The summed E-state index contributed by atoms with van der Waals surface area (Å²) in [6, 6.07) is 2.98. The zero-order valence-electron chi connectivity index (χ0n) is 17.6. The molecule has 0 saturated carbocycles. The number of ether oxygens (including phenoxy) is 2. The molecule has 5 rings (SSSR count). The van der Waals surface area contributed by atoms with E-state index in [0.717, 1.165) is 6.07 Å². The van der Waals surface area contributed by atoms with Gasteiger partial charge in [-0.3, -0.25) is 0 Å². The van der Waals surface area contributed by atoms with Crippen LogP contribution in [0.1, 0.15) is 6.42 Å². The van der Waals surface area contributed by atoms with Gasteiger partial charge in [0.25, 0.3) is 0 Å². The largest absolute Gasteiger partial charge is 0.478 e. The monoisotopic (exact) mass is 464 g/mol. The van der Waals surface area contributed by atoms with Crippen LogP contribution in [0.2, 0.25) is 0 Å². The van der Waals surface area contributed by atoms with Gasteiger partial charge < -0.3 is 30.1 Å². The molecular formula is C22H23F3N4O4. The number of likely N-dealkylation sites (tertiary alicyclic amines) is 1. The first-order valence-electron chi connectivity index (χ1n) is 10.6. The summed E-state index contributed by atoms with van der Waals surface area (Å²) in [5.41, 5.74) is 6.18. The number of halogens is 3. The third-order valence-electron chi connectivity index (χ3n) is 6.47. The summed E-state index contributed by atoms with van der Waals surface area (Å²) in [4.78, 5) is 19.3. The zero-order valence-corrected chi connectivity index (χ0v) is 17.6. The fraction of sp³-hybridized carbons (Fsp3) is 0.455. The van der Waals surface area contributed by atoms with Gasteiger partial charge in [-0.25, -0.2) is 23.0 Å². The van der Waals surface area contributed by atoms with E-state index < -0.39 is 35.7 Å². The molecule has 0 amide bonds. The molecule has 0 aliphatic carbocycles. The molecule has 0 radical (unpaired) electrons. The van der Waals surface area contributed by atoms with Crippen molar-refractivity contribution in [1.82, 2.24) is 4.90 Å². The average Bonchev–Trinajstić information content (AvgIpc) is 3.39. The van der Waals surface area contributed by atoms with Gasteiger partial charge in [-0.05, 0) is 23.8 Å². The number of dihydropyridines is 1. The number of hydrogen-bond donors (Lipinski definition) is 2. The van der Waals surface area contributed by atoms with Crippen LogP contribution in [-0.4, -0.2) is 72.8 Å². The van der Waals surface area contributed by atoms with E-state index in [1.165, 1.54) is 23.2 Å². The molecule has 1 aromatic rings. The Hall–Kier alpha value is -2.89. The molecule has 1 aromatic carbocycles. The highest BCUT2D eigenvalue weighted by Gasteiger charge is 2.52. The summed E-state index contributed by atoms with van der Waals surface area (Å²) in [6.07, 6.45) is 0.0547. The fourth-order valence-corrected chi connectivity index (χ4v) is 4.89. The highest BCUT2D eigenvalue weighted by atomic mass is 19.1. The molecule has 176 valence electrons. The quantitative estimate of drug-likeness (QED) is 0.658. The predicted octanol–water partition coefficient (Wildman–Crippen LogP) is 1.78. The second-order valence-electron chi connectivity index (χ2n) is 8.47. The summed E-state index contributed by atoms with van der Waals surface area (Å²) in [7, 11) is 0. The Kier molecular flexibility index (Phi) is 5.42. The van der Waals surface area contributed by atoms with E-state index in [4.69, 9.17) is 15.2 Å². The number of aliphatic imine (C=N–C) groups is 1. The number of alkyl halides is 1. The molecule has 0 bridgehead atoms. The van der Waals surface area contributed by atoms with Crippen LogP contribution in [0.25, 0.3) is 0 Å². The van der Waals surface area contributed by atoms with E-state index in [1.54, 1.807) is 4.90 Å². The molecule has 4 aliphatic heterocycles. The van der Waals surface area contributed by atoms with Crippen LogP contribution in [-0.2, 0) is 14.3 Å². The smallest absolute Gasteiger partial charge is 0.333 e. The van der Waals surface area contributed by atoms with Gasteiger partial charge in [-0.2, -0.15) is 0 Å². The van der Waals surface area contributed by atoms with Gasteiger partial charge in [0, 0.05) is 37.7 Å². The van der Waals surface area contributed by atoms with Crippen molar-refractivity contribution in [2.75, 3.05) is 37.7 Å². The zero-order chi connectivity index (χ0) is 23.3. The van der Waals surface area contributed by atoms with Crippen molar-refractivity contribution in [3.8, 4) is 0 Å². The second-order valence-corrected chi connectivity index (χ2v) is 8.47. The number of carboxylic acids is 1. The van der Waals surface area contributed by atoms with Crippen molar-refractivity contribution in [3.05, 3.63) is 53.3 Å². The Morgan fingerprint density at radius 3 is 2.73 bits per heavy atom. The van der Waals surface area contributed by atoms with Gasteiger partial charge in [0.05, 0.1) is 31.0 Å². The molecule has 4 aliphatic rings. The number of aliphatic carboxylic acids is 1. The lowest BCUT2D eigenvalue weighted by Crippen LogP contribution is -2.46. The minimum Gasteiger partial charge on any atom is -0.478 e. The third-order valence-corrected chi connectivity index (χ3v) is 6.47. The maximum Gasteiger partial charge on any atom is 0.333 e. The number of fused-ring (bicyclic) bond motifs is 1. The number of nitrogens with zero attached hydrogens (tertiary/aromatic N) is 3. The molecule has 3 N–H and O–H groups in total. The molecule has 3 unspecified atom stereocenters.